The molecule has 22 heavy (non-hydrogen) atoms. The Hall–Kier alpha value is -2.68. The number of nitrogen functional groups attached to an aromatic ring is 1. The number of hydrogen-bond donors (Lipinski definition) is 4. The summed E-state index contributed by atoms with van der Waals surface area (Å²) in [5, 5.41) is 30.9. The van der Waals surface area contributed by atoms with Crippen LogP contribution >= 0.6 is 0 Å². The number of carbonyl (C=O) groups excluding carboxylic acids is 1. The molecule has 1 saturated carbocycles. The van der Waals surface area contributed by atoms with E-state index in [1.807, 2.05) is 6.07 Å². The average Bonchev–Trinajstić information content (AvgIpc) is 2.51. The zero-order chi connectivity index (χ0) is 16.1. The molecule has 1 aromatic carbocycles. The second-order valence-corrected chi connectivity index (χ2v) is 5.46. The summed E-state index contributed by atoms with van der Waals surface area (Å²) in [5.74, 6) is -1.24. The number of phenolic OH excluding ortho intramolecular Hbond substituents is 2. The average molecular weight is 301 g/mol. The van der Waals surface area contributed by atoms with Crippen molar-refractivity contribution in [3.63, 3.8) is 0 Å². The summed E-state index contributed by atoms with van der Waals surface area (Å²) >= 11 is 0. The van der Waals surface area contributed by atoms with Gasteiger partial charge >= 0.3 is 0 Å². The van der Waals surface area contributed by atoms with Gasteiger partial charge in [-0.05, 0) is 36.6 Å². The maximum absolute atomic E-state index is 12.1. The van der Waals surface area contributed by atoms with Crippen molar-refractivity contribution in [3.05, 3.63) is 23.3 Å². The van der Waals surface area contributed by atoms with Gasteiger partial charge in [0.1, 0.15) is 11.6 Å². The molecule has 0 heterocycles. The van der Waals surface area contributed by atoms with Crippen LogP contribution in [0.5, 0.6) is 11.5 Å². The number of aromatic hydroxyl groups is 2. The van der Waals surface area contributed by atoms with E-state index in [0.717, 1.165) is 25.7 Å². The Morgan fingerprint density at radius 3 is 2.59 bits per heavy atom. The fourth-order valence-electron chi connectivity index (χ4n) is 2.57. The number of carbonyl (C=O) groups is 1. The van der Waals surface area contributed by atoms with Gasteiger partial charge in [-0.2, -0.15) is 5.26 Å². The fourth-order valence-corrected chi connectivity index (χ4v) is 2.57. The molecule has 0 spiro atoms. The van der Waals surface area contributed by atoms with Gasteiger partial charge in [0.25, 0.3) is 5.91 Å². The van der Waals surface area contributed by atoms with Crippen molar-refractivity contribution < 1.29 is 15.0 Å². The molecule has 0 saturated heterocycles. The van der Waals surface area contributed by atoms with Gasteiger partial charge in [0.05, 0.1) is 5.69 Å². The van der Waals surface area contributed by atoms with Crippen LogP contribution in [0.2, 0.25) is 0 Å². The first-order chi connectivity index (χ1) is 10.5. The van der Waals surface area contributed by atoms with Crippen molar-refractivity contribution in [1.29, 1.82) is 5.26 Å². The van der Waals surface area contributed by atoms with Gasteiger partial charge in [0, 0.05) is 6.04 Å². The zero-order valence-electron chi connectivity index (χ0n) is 12.2. The lowest BCUT2D eigenvalue weighted by Crippen LogP contribution is -2.36. The number of nitriles is 1. The number of hydrogen-bond acceptors (Lipinski definition) is 5. The third kappa shape index (κ3) is 3.70. The highest BCUT2D eigenvalue weighted by atomic mass is 16.3. The van der Waals surface area contributed by atoms with Crippen LogP contribution in [-0.4, -0.2) is 22.2 Å². The molecule has 5 N–H and O–H groups in total. The molecule has 0 aliphatic heterocycles. The molecule has 1 aliphatic carbocycles. The van der Waals surface area contributed by atoms with Crippen LogP contribution in [0.4, 0.5) is 5.69 Å². The molecule has 0 radical (unpaired) electrons. The summed E-state index contributed by atoms with van der Waals surface area (Å²) in [5.41, 5.74) is 5.84. The third-order valence-electron chi connectivity index (χ3n) is 3.76. The minimum absolute atomic E-state index is 0.0174. The SMILES string of the molecule is N#C/C(=C\c1cc(N)c(O)c(O)c1)C(=O)NC1CCCCC1. The number of phenols is 2. The van der Waals surface area contributed by atoms with Gasteiger partial charge in [-0.3, -0.25) is 4.79 Å². The van der Waals surface area contributed by atoms with Crippen molar-refractivity contribution >= 4 is 17.7 Å². The Bertz CT molecular complexity index is 618. The van der Waals surface area contributed by atoms with Crippen molar-refractivity contribution in [2.24, 2.45) is 0 Å². The van der Waals surface area contributed by atoms with Crippen molar-refractivity contribution in [1.82, 2.24) is 5.32 Å². The van der Waals surface area contributed by atoms with E-state index in [1.165, 1.54) is 24.6 Å². The van der Waals surface area contributed by atoms with Crippen LogP contribution in [0.25, 0.3) is 6.08 Å². The first kappa shape index (κ1) is 15.7. The second-order valence-electron chi connectivity index (χ2n) is 5.46. The molecule has 1 aliphatic rings. The Balaban J connectivity index is 2.16. The maximum atomic E-state index is 12.1. The van der Waals surface area contributed by atoms with Gasteiger partial charge in [0.2, 0.25) is 0 Å². The van der Waals surface area contributed by atoms with E-state index >= 15 is 0 Å². The first-order valence-electron chi connectivity index (χ1n) is 7.25. The van der Waals surface area contributed by atoms with Gasteiger partial charge in [0.15, 0.2) is 11.5 Å². The summed E-state index contributed by atoms with van der Waals surface area (Å²) in [6.45, 7) is 0. The fraction of sp³-hybridized carbons (Fsp3) is 0.375. The van der Waals surface area contributed by atoms with E-state index in [-0.39, 0.29) is 17.3 Å². The molecule has 116 valence electrons. The van der Waals surface area contributed by atoms with Crippen LogP contribution in [0, 0.1) is 11.3 Å². The maximum Gasteiger partial charge on any atom is 0.262 e. The lowest BCUT2D eigenvalue weighted by atomic mass is 9.95. The molecule has 1 aromatic rings. The number of nitrogens with zero attached hydrogens (tertiary/aromatic N) is 1. The van der Waals surface area contributed by atoms with Crippen LogP contribution in [0.3, 0.4) is 0 Å². The van der Waals surface area contributed by atoms with E-state index in [2.05, 4.69) is 5.32 Å². The molecular formula is C16H19N3O3. The number of amides is 1. The summed E-state index contributed by atoms with van der Waals surface area (Å²) in [6, 6.07) is 4.60. The first-order valence-corrected chi connectivity index (χ1v) is 7.25. The monoisotopic (exact) mass is 301 g/mol. The summed E-state index contributed by atoms with van der Waals surface area (Å²) in [4.78, 5) is 12.1. The minimum Gasteiger partial charge on any atom is -0.504 e. The highest BCUT2D eigenvalue weighted by Crippen LogP contribution is 2.33. The summed E-state index contributed by atoms with van der Waals surface area (Å²) < 4.78 is 0. The number of benzene rings is 1. The summed E-state index contributed by atoms with van der Waals surface area (Å²) in [6.07, 6.45) is 6.54. The Morgan fingerprint density at radius 2 is 2.00 bits per heavy atom. The predicted molar refractivity (Wildman–Crippen MR) is 82.8 cm³/mol. The quantitative estimate of drug-likeness (QED) is 0.295. The van der Waals surface area contributed by atoms with Crippen molar-refractivity contribution in [2.75, 3.05) is 5.73 Å². The smallest absolute Gasteiger partial charge is 0.262 e. The van der Waals surface area contributed by atoms with E-state index in [9.17, 15) is 15.0 Å². The van der Waals surface area contributed by atoms with Gasteiger partial charge in [-0.25, -0.2) is 0 Å². The van der Waals surface area contributed by atoms with Gasteiger partial charge in [-0.1, -0.05) is 19.3 Å². The van der Waals surface area contributed by atoms with Gasteiger partial charge in [-0.15, -0.1) is 0 Å². The Morgan fingerprint density at radius 1 is 1.32 bits per heavy atom. The predicted octanol–water partition coefficient (Wildman–Crippen LogP) is 2.04. The molecule has 0 aromatic heterocycles. The Kier molecular flexibility index (Phi) is 4.89. The van der Waals surface area contributed by atoms with Crippen LogP contribution in [0.1, 0.15) is 37.7 Å². The molecule has 0 atom stereocenters. The number of anilines is 1. The van der Waals surface area contributed by atoms with E-state index in [1.54, 1.807) is 0 Å². The van der Waals surface area contributed by atoms with Crippen LogP contribution in [-0.2, 0) is 4.79 Å². The largest absolute Gasteiger partial charge is 0.504 e. The highest BCUT2D eigenvalue weighted by Gasteiger charge is 2.18. The zero-order valence-corrected chi connectivity index (χ0v) is 12.2. The molecule has 6 nitrogen and oxygen atoms in total. The molecule has 6 heteroatoms. The molecule has 1 amide bonds. The topological polar surface area (TPSA) is 119 Å². The van der Waals surface area contributed by atoms with Gasteiger partial charge < -0.3 is 21.3 Å². The Labute approximate surface area is 128 Å². The second kappa shape index (κ2) is 6.85. The van der Waals surface area contributed by atoms with E-state index < -0.39 is 17.4 Å². The molecule has 0 bridgehead atoms. The lowest BCUT2D eigenvalue weighted by molar-refractivity contribution is -0.117. The molecule has 2 rings (SSSR count). The summed E-state index contributed by atoms with van der Waals surface area (Å²) in [7, 11) is 0. The number of nitrogens with two attached hydrogens (primary N) is 1. The lowest BCUT2D eigenvalue weighted by Gasteiger charge is -2.22. The normalized spacial score (nSPS) is 16.0. The standard InChI is InChI=1S/C16H19N3O3/c17-9-11(16(22)19-12-4-2-1-3-5-12)6-10-7-13(18)15(21)14(20)8-10/h6-8,12,20-21H,1-5,18H2,(H,19,22)/b11-6+. The van der Waals surface area contributed by atoms with Crippen molar-refractivity contribution in [3.8, 4) is 17.6 Å². The highest BCUT2D eigenvalue weighted by molar-refractivity contribution is 6.02. The number of rotatable bonds is 3. The number of nitrogens with one attached hydrogen (secondary N) is 1. The van der Waals surface area contributed by atoms with Crippen LogP contribution < -0.4 is 11.1 Å². The molecular weight excluding hydrogens is 282 g/mol. The van der Waals surface area contributed by atoms with Crippen LogP contribution in [0.15, 0.2) is 17.7 Å². The minimum atomic E-state index is -0.430. The molecule has 0 unspecified atom stereocenters. The molecule has 1 fully saturated rings. The third-order valence-corrected chi connectivity index (χ3v) is 3.76. The van der Waals surface area contributed by atoms with Crippen molar-refractivity contribution in [2.45, 2.75) is 38.1 Å². The van der Waals surface area contributed by atoms with E-state index in [4.69, 9.17) is 11.0 Å². The van der Waals surface area contributed by atoms with E-state index in [0.29, 0.717) is 5.56 Å².